The molecule has 20 heavy (non-hydrogen) atoms. The zero-order valence-corrected chi connectivity index (χ0v) is 13.5. The summed E-state index contributed by atoms with van der Waals surface area (Å²) >= 11 is 0. The highest BCUT2D eigenvalue weighted by Gasteiger charge is 1.99. The van der Waals surface area contributed by atoms with Gasteiger partial charge in [-0.1, -0.05) is 6.92 Å². The zero-order valence-electron chi connectivity index (χ0n) is 13.5. The Balaban J connectivity index is 3.02. The smallest absolute Gasteiger partial charge is 0.0701 e. The SMILES string of the molecule is CCCNC(C)CCCOCCOCCOCCOC. The third-order valence-electron chi connectivity index (χ3n) is 2.84. The summed E-state index contributed by atoms with van der Waals surface area (Å²) in [4.78, 5) is 0. The van der Waals surface area contributed by atoms with Gasteiger partial charge in [0.05, 0.1) is 39.6 Å². The molecule has 1 N–H and O–H groups in total. The molecule has 1 unspecified atom stereocenters. The van der Waals surface area contributed by atoms with Crippen molar-refractivity contribution in [3.8, 4) is 0 Å². The van der Waals surface area contributed by atoms with Gasteiger partial charge in [0.1, 0.15) is 0 Å². The van der Waals surface area contributed by atoms with E-state index >= 15 is 0 Å². The van der Waals surface area contributed by atoms with Gasteiger partial charge in [0.2, 0.25) is 0 Å². The Hall–Kier alpha value is -0.200. The molecule has 0 rings (SSSR count). The van der Waals surface area contributed by atoms with Crippen molar-refractivity contribution >= 4 is 0 Å². The number of rotatable bonds is 16. The normalized spacial score (nSPS) is 12.8. The second-order valence-corrected chi connectivity index (χ2v) is 4.83. The molecule has 0 aromatic rings. The van der Waals surface area contributed by atoms with Crippen LogP contribution in [0.5, 0.6) is 0 Å². The van der Waals surface area contributed by atoms with Gasteiger partial charge < -0.3 is 24.3 Å². The predicted octanol–water partition coefficient (Wildman–Crippen LogP) is 1.85. The van der Waals surface area contributed by atoms with Gasteiger partial charge in [-0.3, -0.25) is 0 Å². The fraction of sp³-hybridized carbons (Fsp3) is 1.00. The number of hydrogen-bond acceptors (Lipinski definition) is 5. The molecule has 122 valence electrons. The van der Waals surface area contributed by atoms with Crippen molar-refractivity contribution in [2.75, 3.05) is 59.9 Å². The molecule has 0 aliphatic carbocycles. The lowest BCUT2D eigenvalue weighted by atomic mass is 10.2. The van der Waals surface area contributed by atoms with Crippen molar-refractivity contribution in [1.29, 1.82) is 0 Å². The summed E-state index contributed by atoms with van der Waals surface area (Å²) in [5.74, 6) is 0. The Labute approximate surface area is 124 Å². The first-order valence-electron chi connectivity index (χ1n) is 7.76. The minimum absolute atomic E-state index is 0.582. The summed E-state index contributed by atoms with van der Waals surface area (Å²) in [6, 6.07) is 0.582. The van der Waals surface area contributed by atoms with E-state index < -0.39 is 0 Å². The van der Waals surface area contributed by atoms with Crippen molar-refractivity contribution < 1.29 is 18.9 Å². The molecule has 0 aromatic carbocycles. The quantitative estimate of drug-likeness (QED) is 0.440. The van der Waals surface area contributed by atoms with Crippen molar-refractivity contribution in [3.63, 3.8) is 0 Å². The van der Waals surface area contributed by atoms with Gasteiger partial charge in [0.25, 0.3) is 0 Å². The molecule has 5 nitrogen and oxygen atoms in total. The van der Waals surface area contributed by atoms with Crippen LogP contribution in [0.15, 0.2) is 0 Å². The van der Waals surface area contributed by atoms with E-state index in [9.17, 15) is 0 Å². The third kappa shape index (κ3) is 15.9. The highest BCUT2D eigenvalue weighted by atomic mass is 16.6. The minimum Gasteiger partial charge on any atom is -0.382 e. The molecule has 0 fully saturated rings. The Kier molecular flexibility index (Phi) is 16.7. The maximum atomic E-state index is 5.52. The van der Waals surface area contributed by atoms with Gasteiger partial charge in [0, 0.05) is 19.8 Å². The number of methoxy groups -OCH3 is 1. The first-order chi connectivity index (χ1) is 9.81. The molecule has 1 atom stereocenters. The molecule has 0 heterocycles. The van der Waals surface area contributed by atoms with E-state index in [0.717, 1.165) is 26.0 Å². The van der Waals surface area contributed by atoms with E-state index in [1.807, 2.05) is 0 Å². The lowest BCUT2D eigenvalue weighted by Crippen LogP contribution is -2.26. The van der Waals surface area contributed by atoms with E-state index in [4.69, 9.17) is 18.9 Å². The number of ether oxygens (including phenoxy) is 4. The monoisotopic (exact) mass is 291 g/mol. The fourth-order valence-corrected chi connectivity index (χ4v) is 1.67. The van der Waals surface area contributed by atoms with E-state index in [1.165, 1.54) is 6.42 Å². The van der Waals surface area contributed by atoms with Crippen LogP contribution in [0.1, 0.15) is 33.1 Å². The highest BCUT2D eigenvalue weighted by molar-refractivity contribution is 4.59. The van der Waals surface area contributed by atoms with Crippen LogP contribution in [0.4, 0.5) is 0 Å². The van der Waals surface area contributed by atoms with Gasteiger partial charge >= 0.3 is 0 Å². The molecule has 0 radical (unpaired) electrons. The summed E-state index contributed by atoms with van der Waals surface area (Å²) in [6.07, 6.45) is 3.44. The van der Waals surface area contributed by atoms with Crippen molar-refractivity contribution in [3.05, 3.63) is 0 Å². The van der Waals surface area contributed by atoms with Gasteiger partial charge in [-0.2, -0.15) is 0 Å². The summed E-state index contributed by atoms with van der Waals surface area (Å²) in [5, 5.41) is 3.47. The Morgan fingerprint density at radius 3 is 1.95 bits per heavy atom. The maximum absolute atomic E-state index is 5.52. The fourth-order valence-electron chi connectivity index (χ4n) is 1.67. The van der Waals surface area contributed by atoms with E-state index in [-0.39, 0.29) is 0 Å². The first-order valence-corrected chi connectivity index (χ1v) is 7.76. The van der Waals surface area contributed by atoms with Crippen LogP contribution in [0.2, 0.25) is 0 Å². The molecule has 0 saturated carbocycles. The molecule has 0 aromatic heterocycles. The molecule has 0 saturated heterocycles. The largest absolute Gasteiger partial charge is 0.382 e. The summed E-state index contributed by atoms with van der Waals surface area (Å²) in [7, 11) is 1.66. The second kappa shape index (κ2) is 16.9. The van der Waals surface area contributed by atoms with Crippen LogP contribution in [0.3, 0.4) is 0 Å². The van der Waals surface area contributed by atoms with Gasteiger partial charge in [-0.15, -0.1) is 0 Å². The topological polar surface area (TPSA) is 49.0 Å². The minimum atomic E-state index is 0.582. The lowest BCUT2D eigenvalue weighted by molar-refractivity contribution is 0.00312. The van der Waals surface area contributed by atoms with E-state index in [2.05, 4.69) is 19.2 Å². The molecule has 0 spiro atoms. The highest BCUT2D eigenvalue weighted by Crippen LogP contribution is 1.97. The molecule has 0 amide bonds. The second-order valence-electron chi connectivity index (χ2n) is 4.83. The average Bonchev–Trinajstić information content (AvgIpc) is 2.46. The van der Waals surface area contributed by atoms with Crippen molar-refractivity contribution in [2.24, 2.45) is 0 Å². The Morgan fingerprint density at radius 1 is 0.850 bits per heavy atom. The number of hydrogen-bond donors (Lipinski definition) is 1. The number of nitrogens with one attached hydrogen (secondary N) is 1. The van der Waals surface area contributed by atoms with Crippen LogP contribution in [0.25, 0.3) is 0 Å². The van der Waals surface area contributed by atoms with Gasteiger partial charge in [-0.25, -0.2) is 0 Å². The van der Waals surface area contributed by atoms with Crippen LogP contribution in [0, 0.1) is 0 Å². The standard InChI is InChI=1S/C15H33NO4/c1-4-7-16-15(2)6-5-8-18-11-12-20-14-13-19-10-9-17-3/h15-16H,4-14H2,1-3H3. The maximum Gasteiger partial charge on any atom is 0.0701 e. The van der Waals surface area contributed by atoms with Crippen molar-refractivity contribution in [2.45, 2.75) is 39.2 Å². The molecule has 0 bridgehead atoms. The van der Waals surface area contributed by atoms with Crippen molar-refractivity contribution in [1.82, 2.24) is 5.32 Å². The molecular weight excluding hydrogens is 258 g/mol. The summed E-state index contributed by atoms with van der Waals surface area (Å²) in [6.45, 7) is 10.1. The first kappa shape index (κ1) is 19.8. The van der Waals surface area contributed by atoms with Gasteiger partial charge in [-0.05, 0) is 32.7 Å². The summed E-state index contributed by atoms with van der Waals surface area (Å²) in [5.41, 5.74) is 0. The summed E-state index contributed by atoms with van der Waals surface area (Å²) < 4.78 is 21.1. The average molecular weight is 291 g/mol. The predicted molar refractivity (Wildman–Crippen MR) is 81.3 cm³/mol. The third-order valence-corrected chi connectivity index (χ3v) is 2.84. The van der Waals surface area contributed by atoms with E-state index in [0.29, 0.717) is 45.7 Å². The Bertz CT molecular complexity index is 181. The van der Waals surface area contributed by atoms with Crippen LogP contribution in [-0.4, -0.2) is 65.9 Å². The molecule has 0 aliphatic rings. The zero-order chi connectivity index (χ0) is 14.9. The van der Waals surface area contributed by atoms with Crippen LogP contribution in [-0.2, 0) is 18.9 Å². The molecule has 5 heteroatoms. The van der Waals surface area contributed by atoms with Gasteiger partial charge in [0.15, 0.2) is 0 Å². The van der Waals surface area contributed by atoms with Crippen LogP contribution < -0.4 is 5.32 Å². The lowest BCUT2D eigenvalue weighted by Gasteiger charge is -2.12. The Morgan fingerprint density at radius 2 is 1.40 bits per heavy atom. The molecule has 0 aliphatic heterocycles. The molecular formula is C15H33NO4. The van der Waals surface area contributed by atoms with Crippen LogP contribution >= 0.6 is 0 Å². The van der Waals surface area contributed by atoms with E-state index in [1.54, 1.807) is 7.11 Å².